The van der Waals surface area contributed by atoms with Crippen molar-refractivity contribution in [2.45, 2.75) is 52.4 Å². The summed E-state index contributed by atoms with van der Waals surface area (Å²) in [5.41, 5.74) is 2.44. The van der Waals surface area contributed by atoms with Crippen LogP contribution >= 0.6 is 11.3 Å². The summed E-state index contributed by atoms with van der Waals surface area (Å²) >= 11 is 1.78. The third-order valence-corrected chi connectivity index (χ3v) is 6.95. The monoisotopic (exact) mass is 444 g/mol. The minimum Gasteiger partial charge on any atom is -0.494 e. The van der Waals surface area contributed by atoms with Crippen LogP contribution in [0.25, 0.3) is 0 Å². The van der Waals surface area contributed by atoms with Gasteiger partial charge in [-0.2, -0.15) is 0 Å². The van der Waals surface area contributed by atoms with Gasteiger partial charge in [-0.25, -0.2) is 4.98 Å². The number of benzene rings is 1. The molecule has 6 nitrogen and oxygen atoms in total. The van der Waals surface area contributed by atoms with E-state index in [4.69, 9.17) is 14.5 Å². The van der Waals surface area contributed by atoms with Gasteiger partial charge in [0, 0.05) is 43.0 Å². The van der Waals surface area contributed by atoms with E-state index < -0.39 is 0 Å². The van der Waals surface area contributed by atoms with Crippen molar-refractivity contribution >= 4 is 17.3 Å². The molecule has 1 fully saturated rings. The van der Waals surface area contributed by atoms with Crippen molar-refractivity contribution in [1.29, 1.82) is 0 Å². The van der Waals surface area contributed by atoms with Crippen molar-refractivity contribution in [1.82, 2.24) is 15.6 Å². The number of aryl methyl sites for hydroxylation is 2. The van der Waals surface area contributed by atoms with Crippen LogP contribution in [-0.4, -0.2) is 50.4 Å². The predicted octanol–water partition coefficient (Wildman–Crippen LogP) is 4.00. The molecule has 0 spiro atoms. The van der Waals surface area contributed by atoms with Crippen LogP contribution in [0.5, 0.6) is 5.75 Å². The van der Waals surface area contributed by atoms with E-state index in [0.717, 1.165) is 69.5 Å². The molecular formula is C24H36N4O2S. The van der Waals surface area contributed by atoms with Crippen LogP contribution in [0, 0.1) is 13.8 Å². The molecule has 0 atom stereocenters. The summed E-state index contributed by atoms with van der Waals surface area (Å²) in [5.74, 6) is 1.78. The molecule has 7 heteroatoms. The van der Waals surface area contributed by atoms with E-state index >= 15 is 0 Å². The molecule has 3 rings (SSSR count). The number of guanidine groups is 1. The van der Waals surface area contributed by atoms with Crippen molar-refractivity contribution in [2.24, 2.45) is 4.99 Å². The molecule has 1 aromatic carbocycles. The standard InChI is InChI=1S/C24H36N4O2S/c1-5-25-23(26-14-11-22-28-18(3)19(4)31-22)27-17-24(12-15-29-16-13-24)20-7-9-21(10-8-20)30-6-2/h7-10H,5-6,11-17H2,1-4H3,(H2,25,26,27). The van der Waals surface area contributed by atoms with Gasteiger partial charge >= 0.3 is 0 Å². The van der Waals surface area contributed by atoms with E-state index in [1.165, 1.54) is 15.4 Å². The van der Waals surface area contributed by atoms with E-state index in [1.54, 1.807) is 11.3 Å². The minimum atomic E-state index is -0.00508. The Bertz CT molecular complexity index is 822. The Balaban J connectivity index is 1.68. The van der Waals surface area contributed by atoms with E-state index in [0.29, 0.717) is 6.61 Å². The zero-order valence-corrected chi connectivity index (χ0v) is 20.1. The lowest BCUT2D eigenvalue weighted by molar-refractivity contribution is 0.0531. The van der Waals surface area contributed by atoms with E-state index in [-0.39, 0.29) is 5.41 Å². The van der Waals surface area contributed by atoms with E-state index in [9.17, 15) is 0 Å². The van der Waals surface area contributed by atoms with Gasteiger partial charge in [0.15, 0.2) is 5.96 Å². The highest BCUT2D eigenvalue weighted by Crippen LogP contribution is 2.36. The zero-order chi connectivity index (χ0) is 22.1. The van der Waals surface area contributed by atoms with Crippen molar-refractivity contribution in [3.05, 3.63) is 45.4 Å². The van der Waals surface area contributed by atoms with Crippen LogP contribution in [0.1, 0.15) is 47.8 Å². The second-order valence-electron chi connectivity index (χ2n) is 7.97. The Morgan fingerprint density at radius 1 is 1.16 bits per heavy atom. The molecule has 2 heterocycles. The van der Waals surface area contributed by atoms with Gasteiger partial charge in [-0.3, -0.25) is 4.99 Å². The number of hydrogen-bond acceptors (Lipinski definition) is 5. The van der Waals surface area contributed by atoms with Gasteiger partial charge in [-0.05, 0) is 58.2 Å². The topological polar surface area (TPSA) is 67.8 Å². The van der Waals surface area contributed by atoms with Gasteiger partial charge < -0.3 is 20.1 Å². The third-order valence-electron chi connectivity index (χ3n) is 5.82. The summed E-state index contributed by atoms with van der Waals surface area (Å²) in [6.45, 7) is 12.9. The lowest BCUT2D eigenvalue weighted by atomic mass is 9.74. The van der Waals surface area contributed by atoms with Gasteiger partial charge in [0.25, 0.3) is 0 Å². The molecule has 1 aliphatic heterocycles. The lowest BCUT2D eigenvalue weighted by Gasteiger charge is -2.36. The third kappa shape index (κ3) is 6.43. The summed E-state index contributed by atoms with van der Waals surface area (Å²) < 4.78 is 11.3. The second kappa shape index (κ2) is 11.5. The molecule has 2 aromatic rings. The maximum absolute atomic E-state index is 5.68. The summed E-state index contributed by atoms with van der Waals surface area (Å²) in [4.78, 5) is 10.9. The first kappa shape index (κ1) is 23.5. The Labute approximate surface area is 190 Å². The molecule has 0 saturated carbocycles. The van der Waals surface area contributed by atoms with Crippen molar-refractivity contribution in [2.75, 3.05) is 39.5 Å². The first-order valence-electron chi connectivity index (χ1n) is 11.3. The number of aliphatic imine (C=N–C) groups is 1. The van der Waals surface area contributed by atoms with Crippen molar-refractivity contribution in [3.63, 3.8) is 0 Å². The molecule has 31 heavy (non-hydrogen) atoms. The predicted molar refractivity (Wildman–Crippen MR) is 129 cm³/mol. The fourth-order valence-electron chi connectivity index (χ4n) is 3.88. The number of rotatable bonds is 9. The van der Waals surface area contributed by atoms with Gasteiger partial charge in [0.1, 0.15) is 5.75 Å². The molecule has 0 bridgehead atoms. The largest absolute Gasteiger partial charge is 0.494 e. The van der Waals surface area contributed by atoms with Gasteiger partial charge in [0.2, 0.25) is 0 Å². The number of thiazole rings is 1. The van der Waals surface area contributed by atoms with Crippen LogP contribution in [-0.2, 0) is 16.6 Å². The number of nitrogens with zero attached hydrogens (tertiary/aromatic N) is 2. The van der Waals surface area contributed by atoms with Crippen LogP contribution in [0.3, 0.4) is 0 Å². The maximum atomic E-state index is 5.68. The fraction of sp³-hybridized carbons (Fsp3) is 0.583. The second-order valence-corrected chi connectivity index (χ2v) is 9.26. The summed E-state index contributed by atoms with van der Waals surface area (Å²) in [5, 5.41) is 8.05. The van der Waals surface area contributed by atoms with E-state index in [2.05, 4.69) is 60.7 Å². The highest BCUT2D eigenvalue weighted by molar-refractivity contribution is 7.11. The smallest absolute Gasteiger partial charge is 0.191 e. The Hall–Kier alpha value is -2.12. The highest BCUT2D eigenvalue weighted by atomic mass is 32.1. The molecule has 2 N–H and O–H groups in total. The molecule has 170 valence electrons. The van der Waals surface area contributed by atoms with Crippen LogP contribution in [0.4, 0.5) is 0 Å². The molecular weight excluding hydrogens is 408 g/mol. The number of aromatic nitrogens is 1. The fourth-order valence-corrected chi connectivity index (χ4v) is 4.81. The highest BCUT2D eigenvalue weighted by Gasteiger charge is 2.34. The van der Waals surface area contributed by atoms with Gasteiger partial charge in [-0.1, -0.05) is 12.1 Å². The minimum absolute atomic E-state index is 0.00508. The van der Waals surface area contributed by atoms with Crippen molar-refractivity contribution < 1.29 is 9.47 Å². The van der Waals surface area contributed by atoms with Gasteiger partial charge in [0.05, 0.1) is 23.9 Å². The normalized spacial score (nSPS) is 16.2. The lowest BCUT2D eigenvalue weighted by Crippen LogP contribution is -2.41. The first-order valence-corrected chi connectivity index (χ1v) is 12.1. The molecule has 0 aliphatic carbocycles. The number of ether oxygens (including phenoxy) is 2. The molecule has 0 radical (unpaired) electrons. The number of hydrogen-bond donors (Lipinski definition) is 2. The molecule has 1 aliphatic rings. The Kier molecular flexibility index (Phi) is 8.72. The quantitative estimate of drug-likeness (QED) is 0.452. The average molecular weight is 445 g/mol. The summed E-state index contributed by atoms with van der Waals surface area (Å²) in [6.07, 6.45) is 2.85. The SMILES string of the molecule is CCNC(=NCC1(c2ccc(OCC)cc2)CCOCC1)NCCc1nc(C)c(C)s1. The molecule has 0 unspecified atom stereocenters. The maximum Gasteiger partial charge on any atom is 0.191 e. The van der Waals surface area contributed by atoms with Gasteiger partial charge in [-0.15, -0.1) is 11.3 Å². The Morgan fingerprint density at radius 3 is 2.52 bits per heavy atom. The Morgan fingerprint density at radius 2 is 1.90 bits per heavy atom. The van der Waals surface area contributed by atoms with Crippen molar-refractivity contribution in [3.8, 4) is 5.75 Å². The van der Waals surface area contributed by atoms with E-state index in [1.807, 2.05) is 6.92 Å². The van der Waals surface area contributed by atoms with Crippen LogP contribution in [0.15, 0.2) is 29.3 Å². The molecule has 0 amide bonds. The zero-order valence-electron chi connectivity index (χ0n) is 19.3. The molecule has 1 aromatic heterocycles. The summed E-state index contributed by atoms with van der Waals surface area (Å²) in [6, 6.07) is 8.53. The van der Waals surface area contributed by atoms with Crippen LogP contribution < -0.4 is 15.4 Å². The first-order chi connectivity index (χ1) is 15.1. The molecule has 1 saturated heterocycles. The van der Waals surface area contributed by atoms with Crippen LogP contribution in [0.2, 0.25) is 0 Å². The summed E-state index contributed by atoms with van der Waals surface area (Å²) in [7, 11) is 0. The number of nitrogens with one attached hydrogen (secondary N) is 2. The average Bonchev–Trinajstić information content (AvgIpc) is 3.10.